The molecular formula is C12H20ClN5. The van der Waals surface area contributed by atoms with Gasteiger partial charge in [0.2, 0.25) is 0 Å². The van der Waals surface area contributed by atoms with E-state index in [1.54, 1.807) is 0 Å². The maximum absolute atomic E-state index is 6.18. The summed E-state index contributed by atoms with van der Waals surface area (Å²) in [5.74, 6) is 1.12. The van der Waals surface area contributed by atoms with Crippen molar-refractivity contribution in [2.45, 2.75) is 25.3 Å². The van der Waals surface area contributed by atoms with Crippen molar-refractivity contribution in [1.29, 1.82) is 0 Å². The molecule has 1 aromatic heterocycles. The molecule has 1 aliphatic rings. The fourth-order valence-corrected chi connectivity index (χ4v) is 2.62. The predicted molar refractivity (Wildman–Crippen MR) is 75.0 cm³/mol. The first kappa shape index (κ1) is 13.4. The highest BCUT2D eigenvalue weighted by Crippen LogP contribution is 2.29. The summed E-state index contributed by atoms with van der Waals surface area (Å²) in [7, 11) is 4.27. The molecule has 1 aromatic rings. The molecule has 2 N–H and O–H groups in total. The highest BCUT2D eigenvalue weighted by Gasteiger charge is 2.21. The highest BCUT2D eigenvalue weighted by atomic mass is 35.5. The fourth-order valence-electron chi connectivity index (χ4n) is 2.40. The Balaban J connectivity index is 2.12. The van der Waals surface area contributed by atoms with Gasteiger partial charge in [-0.2, -0.15) is 0 Å². The van der Waals surface area contributed by atoms with Gasteiger partial charge in [0.15, 0.2) is 5.82 Å². The number of hydrogen-bond donors (Lipinski definition) is 1. The smallest absolute Gasteiger partial charge is 0.153 e. The van der Waals surface area contributed by atoms with Crippen LogP contribution in [-0.2, 0) is 0 Å². The largest absolute Gasteiger partial charge is 0.382 e. The van der Waals surface area contributed by atoms with Gasteiger partial charge < -0.3 is 15.5 Å². The molecule has 0 saturated carbocycles. The molecule has 0 aromatic carbocycles. The third kappa shape index (κ3) is 2.84. The molecule has 2 heterocycles. The average Bonchev–Trinajstić information content (AvgIpc) is 2.58. The Kier molecular flexibility index (Phi) is 4.24. The number of aromatic nitrogens is 2. The average molecular weight is 270 g/mol. The van der Waals surface area contributed by atoms with Crippen molar-refractivity contribution in [2.24, 2.45) is 0 Å². The lowest BCUT2D eigenvalue weighted by molar-refractivity contribution is 0.272. The van der Waals surface area contributed by atoms with Crippen molar-refractivity contribution in [2.75, 3.05) is 37.8 Å². The van der Waals surface area contributed by atoms with Gasteiger partial charge in [0, 0.05) is 19.1 Å². The highest BCUT2D eigenvalue weighted by molar-refractivity contribution is 6.35. The number of nitrogen functional groups attached to an aromatic ring is 1. The van der Waals surface area contributed by atoms with Crippen LogP contribution in [0, 0.1) is 0 Å². The quantitative estimate of drug-likeness (QED) is 0.884. The van der Waals surface area contributed by atoms with Crippen molar-refractivity contribution < 1.29 is 0 Å². The first-order valence-electron chi connectivity index (χ1n) is 6.27. The molecule has 0 unspecified atom stereocenters. The van der Waals surface area contributed by atoms with Crippen LogP contribution in [0.2, 0.25) is 5.02 Å². The Bertz CT molecular complexity index is 409. The van der Waals surface area contributed by atoms with Gasteiger partial charge in [0.25, 0.3) is 0 Å². The van der Waals surface area contributed by atoms with Crippen LogP contribution in [-0.4, -0.2) is 48.1 Å². The molecule has 5 nitrogen and oxygen atoms in total. The van der Waals surface area contributed by atoms with Gasteiger partial charge in [-0.3, -0.25) is 0 Å². The molecule has 1 atom stereocenters. The van der Waals surface area contributed by atoms with Crippen LogP contribution < -0.4 is 10.6 Å². The Morgan fingerprint density at radius 2 is 2.11 bits per heavy atom. The second-order valence-electron chi connectivity index (χ2n) is 4.93. The zero-order chi connectivity index (χ0) is 13.1. The minimum absolute atomic E-state index is 0.357. The molecule has 1 saturated heterocycles. The van der Waals surface area contributed by atoms with Crippen molar-refractivity contribution in [1.82, 2.24) is 14.9 Å². The lowest BCUT2D eigenvalue weighted by Gasteiger charge is -2.24. The molecule has 100 valence electrons. The van der Waals surface area contributed by atoms with Gasteiger partial charge in [0.05, 0.1) is 0 Å². The van der Waals surface area contributed by atoms with E-state index in [2.05, 4.69) is 33.9 Å². The number of anilines is 2. The Morgan fingerprint density at radius 1 is 1.33 bits per heavy atom. The molecule has 6 heteroatoms. The van der Waals surface area contributed by atoms with Crippen molar-refractivity contribution in [3.05, 3.63) is 11.3 Å². The number of rotatable bonds is 2. The second-order valence-corrected chi connectivity index (χ2v) is 5.31. The molecule has 0 radical (unpaired) electrons. The monoisotopic (exact) mass is 269 g/mol. The lowest BCUT2D eigenvalue weighted by atomic mass is 10.1. The minimum atomic E-state index is 0.357. The topological polar surface area (TPSA) is 58.3 Å². The number of nitrogens with zero attached hydrogens (tertiary/aromatic N) is 4. The number of halogens is 1. The SMILES string of the molecule is CN(C)[C@H]1CCCN(c2ncnc(N)c2Cl)CC1. The van der Waals surface area contributed by atoms with E-state index in [0.29, 0.717) is 16.9 Å². The normalized spacial score (nSPS) is 21.1. The summed E-state index contributed by atoms with van der Waals surface area (Å²) in [6.07, 6.45) is 4.95. The standard InChI is InChI=1S/C12H20ClN5/c1-17(2)9-4-3-6-18(7-5-9)12-10(13)11(14)15-8-16-12/h8-9H,3-7H2,1-2H3,(H2,14,15,16)/t9-/m0/s1. The van der Waals surface area contributed by atoms with E-state index in [1.165, 1.54) is 12.7 Å². The molecule has 18 heavy (non-hydrogen) atoms. The van der Waals surface area contributed by atoms with Gasteiger partial charge in [-0.25, -0.2) is 9.97 Å². The second kappa shape index (κ2) is 5.71. The van der Waals surface area contributed by atoms with Crippen LogP contribution in [0.25, 0.3) is 0 Å². The summed E-state index contributed by atoms with van der Waals surface area (Å²) in [6.45, 7) is 1.93. The zero-order valence-electron chi connectivity index (χ0n) is 10.9. The van der Waals surface area contributed by atoms with Crippen molar-refractivity contribution >= 4 is 23.2 Å². The molecule has 0 spiro atoms. The number of hydrogen-bond acceptors (Lipinski definition) is 5. The maximum Gasteiger partial charge on any atom is 0.153 e. The van der Waals surface area contributed by atoms with E-state index in [4.69, 9.17) is 17.3 Å². The van der Waals surface area contributed by atoms with Crippen LogP contribution >= 0.6 is 11.6 Å². The maximum atomic E-state index is 6.18. The summed E-state index contributed by atoms with van der Waals surface area (Å²) >= 11 is 6.18. The Labute approximate surface area is 113 Å². The van der Waals surface area contributed by atoms with Gasteiger partial charge in [0.1, 0.15) is 17.2 Å². The van der Waals surface area contributed by atoms with E-state index in [1.807, 2.05) is 0 Å². The zero-order valence-corrected chi connectivity index (χ0v) is 11.7. The Morgan fingerprint density at radius 3 is 2.83 bits per heavy atom. The van der Waals surface area contributed by atoms with Gasteiger partial charge in [-0.15, -0.1) is 0 Å². The minimum Gasteiger partial charge on any atom is -0.382 e. The van der Waals surface area contributed by atoms with Crippen LogP contribution in [0.5, 0.6) is 0 Å². The summed E-state index contributed by atoms with van der Waals surface area (Å²) in [5, 5.41) is 0.473. The summed E-state index contributed by atoms with van der Waals surface area (Å²) in [4.78, 5) is 12.7. The molecule has 0 bridgehead atoms. The van der Waals surface area contributed by atoms with E-state index in [-0.39, 0.29) is 0 Å². The fraction of sp³-hybridized carbons (Fsp3) is 0.667. The van der Waals surface area contributed by atoms with Gasteiger partial charge in [-0.05, 0) is 33.4 Å². The molecule has 1 fully saturated rings. The van der Waals surface area contributed by atoms with Crippen LogP contribution in [0.15, 0.2) is 6.33 Å². The first-order chi connectivity index (χ1) is 8.59. The van der Waals surface area contributed by atoms with Gasteiger partial charge in [-0.1, -0.05) is 11.6 Å². The van der Waals surface area contributed by atoms with E-state index >= 15 is 0 Å². The van der Waals surface area contributed by atoms with Gasteiger partial charge >= 0.3 is 0 Å². The third-order valence-electron chi connectivity index (χ3n) is 3.53. The van der Waals surface area contributed by atoms with E-state index < -0.39 is 0 Å². The van der Waals surface area contributed by atoms with Crippen molar-refractivity contribution in [3.63, 3.8) is 0 Å². The summed E-state index contributed by atoms with van der Waals surface area (Å²) in [6, 6.07) is 0.632. The third-order valence-corrected chi connectivity index (χ3v) is 3.89. The van der Waals surface area contributed by atoms with Crippen LogP contribution in [0.3, 0.4) is 0 Å². The van der Waals surface area contributed by atoms with Crippen LogP contribution in [0.4, 0.5) is 11.6 Å². The molecule has 1 aliphatic heterocycles. The summed E-state index contributed by atoms with van der Waals surface area (Å²) < 4.78 is 0. The molecule has 0 amide bonds. The predicted octanol–water partition coefficient (Wildman–Crippen LogP) is 1.63. The Hall–Kier alpha value is -1.07. The van der Waals surface area contributed by atoms with E-state index in [9.17, 15) is 0 Å². The number of nitrogens with two attached hydrogens (primary N) is 1. The lowest BCUT2D eigenvalue weighted by Crippen LogP contribution is -2.30. The molecular weight excluding hydrogens is 250 g/mol. The van der Waals surface area contributed by atoms with Crippen molar-refractivity contribution in [3.8, 4) is 0 Å². The molecule has 0 aliphatic carbocycles. The summed E-state index contributed by atoms with van der Waals surface area (Å²) in [5.41, 5.74) is 5.72. The van der Waals surface area contributed by atoms with Crippen LogP contribution in [0.1, 0.15) is 19.3 Å². The van der Waals surface area contributed by atoms with E-state index in [0.717, 1.165) is 31.7 Å². The first-order valence-corrected chi connectivity index (χ1v) is 6.64. The molecule has 2 rings (SSSR count).